The summed E-state index contributed by atoms with van der Waals surface area (Å²) in [6.07, 6.45) is 3.51. The number of likely N-dealkylation sites (tertiary alicyclic amines) is 1. The molecule has 0 bridgehead atoms. The molecule has 3 aliphatic rings. The van der Waals surface area contributed by atoms with Gasteiger partial charge in [0.1, 0.15) is 17.4 Å². The standard InChI is InChI=1S/C43H47F5N8O4/c1-53-38-27(7-3-9-34(38)56(42(53)60)35-15-16-37(57)51-41(35)59)6-2-5-25-17-19-54(20-18-25)23-26-11-13-29(14-12-26)55-24-28-21-33(30(39(44)45)22-32(28)52-55)50-40(58)31-8-4-10-36(49-31)43(46,47)48/h3-4,7-10,21-22,24-26,29,35,39H,2,5-6,11-20,23H2,1H3,(H,50,58)(H,51,57,59). The molecule has 3 amide bonds. The van der Waals surface area contributed by atoms with E-state index >= 15 is 0 Å². The van der Waals surface area contributed by atoms with Gasteiger partial charge in [-0.3, -0.25) is 33.5 Å². The Morgan fingerprint density at radius 1 is 0.950 bits per heavy atom. The maximum Gasteiger partial charge on any atom is 0.433 e. The number of nitrogens with zero attached hydrogens (tertiary/aromatic N) is 6. The van der Waals surface area contributed by atoms with Gasteiger partial charge >= 0.3 is 11.9 Å². The third kappa shape index (κ3) is 8.58. The Kier molecular flexibility index (Phi) is 11.6. The molecule has 5 heterocycles. The fraction of sp³-hybridized carbons (Fsp3) is 0.488. The number of aryl methyl sites for hydroxylation is 2. The summed E-state index contributed by atoms with van der Waals surface area (Å²) in [4.78, 5) is 56.4. The summed E-state index contributed by atoms with van der Waals surface area (Å²) in [5.41, 5.74) is 0.237. The van der Waals surface area contributed by atoms with Crippen molar-refractivity contribution >= 4 is 45.3 Å². The van der Waals surface area contributed by atoms with Crippen molar-refractivity contribution in [2.45, 2.75) is 95.3 Å². The second-order valence-electron chi connectivity index (χ2n) is 16.5. The SMILES string of the molecule is Cn1c(=O)n(C2CCC(=O)NC2=O)c2cccc(CCCC3CCN(CC4CCC(n5cc6cc(NC(=O)c7cccc(C(F)(F)F)n7)c(C(F)F)cc6n5)CC4)CC3)c21. The lowest BCUT2D eigenvalue weighted by molar-refractivity contribution is -0.141. The van der Waals surface area contributed by atoms with Crippen LogP contribution in [0.5, 0.6) is 0 Å². The number of amides is 3. The van der Waals surface area contributed by atoms with Crippen LogP contribution in [0.3, 0.4) is 0 Å². The normalized spacial score (nSPS) is 20.9. The van der Waals surface area contributed by atoms with Crippen LogP contribution in [0.2, 0.25) is 0 Å². The van der Waals surface area contributed by atoms with Crippen LogP contribution in [0, 0.1) is 11.8 Å². The molecule has 3 aromatic heterocycles. The van der Waals surface area contributed by atoms with Crippen LogP contribution in [0.25, 0.3) is 21.9 Å². The number of carbonyl (C=O) groups excluding carboxylic acids is 3. The minimum Gasteiger partial charge on any atom is -0.320 e. The number of halogens is 5. The van der Waals surface area contributed by atoms with Gasteiger partial charge < -0.3 is 10.2 Å². The summed E-state index contributed by atoms with van der Waals surface area (Å²) in [7, 11) is 1.74. The maximum absolute atomic E-state index is 14.1. The van der Waals surface area contributed by atoms with Crippen molar-refractivity contribution in [3.05, 3.63) is 87.7 Å². The molecular formula is C43H47F5N8O4. The van der Waals surface area contributed by atoms with E-state index in [1.54, 1.807) is 17.8 Å². The van der Waals surface area contributed by atoms with E-state index in [1.807, 2.05) is 16.8 Å². The minimum atomic E-state index is -4.76. The van der Waals surface area contributed by atoms with E-state index in [2.05, 4.69) is 31.7 Å². The van der Waals surface area contributed by atoms with Crippen LogP contribution in [-0.4, -0.2) is 66.2 Å². The number of para-hydroxylation sites is 1. The highest BCUT2D eigenvalue weighted by Gasteiger charge is 2.34. The predicted molar refractivity (Wildman–Crippen MR) is 214 cm³/mol. The van der Waals surface area contributed by atoms with E-state index in [0.29, 0.717) is 29.2 Å². The molecule has 0 radical (unpaired) electrons. The lowest BCUT2D eigenvalue weighted by Gasteiger charge is -2.36. The Labute approximate surface area is 342 Å². The molecule has 0 spiro atoms. The first-order valence-corrected chi connectivity index (χ1v) is 20.6. The molecule has 60 heavy (non-hydrogen) atoms. The lowest BCUT2D eigenvalue weighted by Crippen LogP contribution is -2.44. The molecule has 1 unspecified atom stereocenters. The summed E-state index contributed by atoms with van der Waals surface area (Å²) in [5.74, 6) is -0.616. The van der Waals surface area contributed by atoms with Crippen LogP contribution in [0.1, 0.15) is 110 Å². The first-order valence-electron chi connectivity index (χ1n) is 20.6. The Hall–Kier alpha value is -5.45. The van der Waals surface area contributed by atoms with E-state index in [0.717, 1.165) is 112 Å². The number of aromatic nitrogens is 5. The Morgan fingerprint density at radius 3 is 2.42 bits per heavy atom. The second-order valence-corrected chi connectivity index (χ2v) is 16.5. The second kappa shape index (κ2) is 16.9. The van der Waals surface area contributed by atoms with Gasteiger partial charge in [0.05, 0.1) is 28.3 Å². The monoisotopic (exact) mass is 834 g/mol. The fourth-order valence-electron chi connectivity index (χ4n) is 9.44. The highest BCUT2D eigenvalue weighted by atomic mass is 19.4. The number of imide groups is 1. The van der Waals surface area contributed by atoms with Gasteiger partial charge in [0.15, 0.2) is 0 Å². The lowest BCUT2D eigenvalue weighted by atomic mass is 9.84. The Bertz CT molecular complexity index is 2480. The van der Waals surface area contributed by atoms with Gasteiger partial charge in [0, 0.05) is 37.2 Å². The van der Waals surface area contributed by atoms with Gasteiger partial charge in [-0.25, -0.2) is 18.6 Å². The third-order valence-corrected chi connectivity index (χ3v) is 12.6. The quantitative estimate of drug-likeness (QED) is 0.103. The fourth-order valence-corrected chi connectivity index (χ4v) is 9.44. The molecule has 1 atom stereocenters. The van der Waals surface area contributed by atoms with E-state index in [1.165, 1.54) is 16.7 Å². The van der Waals surface area contributed by atoms with Crippen LogP contribution in [-0.2, 0) is 29.2 Å². The molecule has 17 heteroatoms. The van der Waals surface area contributed by atoms with Crippen LogP contribution in [0.15, 0.2) is 59.5 Å². The highest BCUT2D eigenvalue weighted by molar-refractivity contribution is 6.04. The summed E-state index contributed by atoms with van der Waals surface area (Å²) in [6.45, 7) is 3.12. The highest BCUT2D eigenvalue weighted by Crippen LogP contribution is 2.37. The molecule has 1 aliphatic carbocycles. The van der Waals surface area contributed by atoms with Crippen molar-refractivity contribution < 1.29 is 36.3 Å². The van der Waals surface area contributed by atoms with E-state index in [9.17, 15) is 41.1 Å². The molecule has 12 nitrogen and oxygen atoms in total. The van der Waals surface area contributed by atoms with Gasteiger partial charge in [0.2, 0.25) is 11.8 Å². The van der Waals surface area contributed by atoms with Crippen molar-refractivity contribution in [2.75, 3.05) is 25.0 Å². The molecule has 2 saturated heterocycles. The van der Waals surface area contributed by atoms with Gasteiger partial charge in [-0.2, -0.15) is 18.3 Å². The van der Waals surface area contributed by atoms with Crippen molar-refractivity contribution in [3.63, 3.8) is 0 Å². The first kappa shape index (κ1) is 41.3. The van der Waals surface area contributed by atoms with Gasteiger partial charge in [0.25, 0.3) is 12.3 Å². The van der Waals surface area contributed by atoms with Gasteiger partial charge in [-0.1, -0.05) is 24.6 Å². The van der Waals surface area contributed by atoms with Crippen LogP contribution < -0.4 is 16.3 Å². The molecule has 2 N–H and O–H groups in total. The zero-order valence-corrected chi connectivity index (χ0v) is 33.2. The summed E-state index contributed by atoms with van der Waals surface area (Å²) < 4.78 is 72.7. The third-order valence-electron chi connectivity index (χ3n) is 12.6. The maximum atomic E-state index is 14.1. The molecule has 5 aromatic rings. The number of anilines is 1. The molecule has 3 fully saturated rings. The van der Waals surface area contributed by atoms with Crippen molar-refractivity contribution in [2.24, 2.45) is 18.9 Å². The number of alkyl halides is 5. The number of carbonyl (C=O) groups is 3. The van der Waals surface area contributed by atoms with Crippen molar-refractivity contribution in [1.82, 2.24) is 34.1 Å². The number of nitrogens with one attached hydrogen (secondary N) is 2. The average molecular weight is 835 g/mol. The largest absolute Gasteiger partial charge is 0.433 e. The van der Waals surface area contributed by atoms with Gasteiger partial charge in [-0.05, 0) is 119 Å². The van der Waals surface area contributed by atoms with E-state index in [4.69, 9.17) is 0 Å². The number of benzene rings is 2. The summed E-state index contributed by atoms with van der Waals surface area (Å²) >= 11 is 0. The number of piperidine rings is 2. The Balaban J connectivity index is 0.815. The van der Waals surface area contributed by atoms with Crippen LogP contribution in [0.4, 0.5) is 27.6 Å². The van der Waals surface area contributed by atoms with Crippen LogP contribution >= 0.6 is 0 Å². The number of fused-ring (bicyclic) bond motifs is 2. The van der Waals surface area contributed by atoms with Crippen molar-refractivity contribution in [1.29, 1.82) is 0 Å². The molecule has 318 valence electrons. The number of hydrogen-bond donors (Lipinski definition) is 2. The number of rotatable bonds is 11. The summed E-state index contributed by atoms with van der Waals surface area (Å²) in [6, 6.07) is 10.7. The number of pyridine rings is 1. The minimum absolute atomic E-state index is 0.0889. The zero-order valence-electron chi connectivity index (χ0n) is 33.2. The predicted octanol–water partition coefficient (Wildman–Crippen LogP) is 7.74. The number of hydrogen-bond acceptors (Lipinski definition) is 7. The molecular weight excluding hydrogens is 788 g/mol. The molecule has 8 rings (SSSR count). The topological polar surface area (TPSA) is 136 Å². The molecule has 1 saturated carbocycles. The summed E-state index contributed by atoms with van der Waals surface area (Å²) in [5, 5.41) is 9.85. The zero-order chi connectivity index (χ0) is 42.3. The molecule has 2 aromatic carbocycles. The van der Waals surface area contributed by atoms with E-state index < -0.39 is 47.4 Å². The van der Waals surface area contributed by atoms with Gasteiger partial charge in [-0.15, -0.1) is 0 Å². The van der Waals surface area contributed by atoms with E-state index in [-0.39, 0.29) is 29.7 Å². The number of imidazole rings is 1. The smallest absolute Gasteiger partial charge is 0.320 e. The average Bonchev–Trinajstić information content (AvgIpc) is 3.75. The first-order chi connectivity index (χ1) is 28.7. The van der Waals surface area contributed by atoms with Crippen molar-refractivity contribution in [3.8, 4) is 0 Å². The molecule has 2 aliphatic heterocycles. The Morgan fingerprint density at radius 2 is 1.70 bits per heavy atom.